The second kappa shape index (κ2) is 12.6. The van der Waals surface area contributed by atoms with Gasteiger partial charge in [-0.05, 0) is 48.9 Å². The molecule has 0 spiro atoms. The van der Waals surface area contributed by atoms with E-state index in [1.54, 1.807) is 18.2 Å². The molecule has 1 aliphatic rings. The minimum Gasteiger partial charge on any atom is -0.445 e. The first-order valence-electron chi connectivity index (χ1n) is 11.0. The SMILES string of the molecule is O=C1/C=C/[C@H](Cc2ccc(Cl)cc2)NC(=O)[C@@H](NC(=O)OCc2ccccc2)CCCCN1. The summed E-state index contributed by atoms with van der Waals surface area (Å²) in [4.78, 5) is 37.4. The first-order chi connectivity index (χ1) is 16.0. The van der Waals surface area contributed by atoms with Gasteiger partial charge in [-0.25, -0.2) is 4.79 Å². The van der Waals surface area contributed by atoms with Crippen molar-refractivity contribution in [1.82, 2.24) is 16.0 Å². The molecule has 2 aromatic rings. The molecule has 7 nitrogen and oxygen atoms in total. The van der Waals surface area contributed by atoms with Crippen LogP contribution in [0.3, 0.4) is 0 Å². The molecule has 3 N–H and O–H groups in total. The first-order valence-corrected chi connectivity index (χ1v) is 11.4. The van der Waals surface area contributed by atoms with E-state index in [4.69, 9.17) is 16.3 Å². The second-order valence-corrected chi connectivity index (χ2v) is 8.29. The molecule has 0 saturated heterocycles. The van der Waals surface area contributed by atoms with E-state index in [2.05, 4.69) is 16.0 Å². The number of hydrogen-bond acceptors (Lipinski definition) is 4. The molecule has 1 heterocycles. The fourth-order valence-electron chi connectivity index (χ4n) is 3.45. The van der Waals surface area contributed by atoms with Crippen molar-refractivity contribution in [2.45, 2.75) is 44.4 Å². The van der Waals surface area contributed by atoms with Gasteiger partial charge in [0.05, 0.1) is 6.04 Å². The summed E-state index contributed by atoms with van der Waals surface area (Å²) < 4.78 is 5.29. The number of rotatable bonds is 5. The van der Waals surface area contributed by atoms with Gasteiger partial charge in [-0.15, -0.1) is 0 Å². The van der Waals surface area contributed by atoms with Gasteiger partial charge in [-0.1, -0.05) is 60.1 Å². The number of halogens is 1. The first kappa shape index (κ1) is 24.3. The van der Waals surface area contributed by atoms with Gasteiger partial charge in [0.2, 0.25) is 11.8 Å². The molecule has 2 atom stereocenters. The van der Waals surface area contributed by atoms with Crippen molar-refractivity contribution in [3.63, 3.8) is 0 Å². The van der Waals surface area contributed by atoms with Gasteiger partial charge in [0.15, 0.2) is 0 Å². The van der Waals surface area contributed by atoms with Gasteiger partial charge in [0.1, 0.15) is 12.6 Å². The second-order valence-electron chi connectivity index (χ2n) is 7.85. The van der Waals surface area contributed by atoms with E-state index in [1.807, 2.05) is 42.5 Å². The normalized spacial score (nSPS) is 20.4. The number of carbonyl (C=O) groups excluding carboxylic acids is 3. The molecule has 0 fully saturated rings. The minimum absolute atomic E-state index is 0.120. The van der Waals surface area contributed by atoms with E-state index in [9.17, 15) is 14.4 Å². The average Bonchev–Trinajstić information content (AvgIpc) is 2.81. The zero-order valence-electron chi connectivity index (χ0n) is 18.3. The van der Waals surface area contributed by atoms with Crippen LogP contribution in [-0.4, -0.2) is 36.5 Å². The van der Waals surface area contributed by atoms with Crippen LogP contribution in [0.15, 0.2) is 66.7 Å². The van der Waals surface area contributed by atoms with Crippen LogP contribution in [0, 0.1) is 0 Å². The number of benzene rings is 2. The summed E-state index contributed by atoms with van der Waals surface area (Å²) in [5.41, 5.74) is 1.81. The molecule has 0 bridgehead atoms. The Balaban J connectivity index is 1.66. The van der Waals surface area contributed by atoms with E-state index in [1.165, 1.54) is 6.08 Å². The van der Waals surface area contributed by atoms with Gasteiger partial charge in [0.25, 0.3) is 0 Å². The Labute approximate surface area is 198 Å². The van der Waals surface area contributed by atoms with Crippen LogP contribution in [0.5, 0.6) is 0 Å². The predicted octanol–water partition coefficient (Wildman–Crippen LogP) is 3.52. The van der Waals surface area contributed by atoms with E-state index < -0.39 is 18.2 Å². The number of carbonyl (C=O) groups is 3. The molecule has 174 valence electrons. The highest BCUT2D eigenvalue weighted by molar-refractivity contribution is 6.30. The molecule has 0 unspecified atom stereocenters. The molecule has 2 aromatic carbocycles. The fraction of sp³-hybridized carbons (Fsp3) is 0.320. The van der Waals surface area contributed by atoms with Crippen molar-refractivity contribution in [2.75, 3.05) is 6.54 Å². The lowest BCUT2D eigenvalue weighted by molar-refractivity contribution is -0.124. The predicted molar refractivity (Wildman–Crippen MR) is 127 cm³/mol. The Hall–Kier alpha value is -3.32. The monoisotopic (exact) mass is 469 g/mol. The summed E-state index contributed by atoms with van der Waals surface area (Å²) >= 11 is 5.96. The largest absolute Gasteiger partial charge is 0.445 e. The van der Waals surface area contributed by atoms with Gasteiger partial charge in [0, 0.05) is 17.6 Å². The lowest BCUT2D eigenvalue weighted by atomic mass is 10.0. The van der Waals surface area contributed by atoms with Crippen LogP contribution in [0.4, 0.5) is 4.79 Å². The van der Waals surface area contributed by atoms with Crippen molar-refractivity contribution < 1.29 is 19.1 Å². The minimum atomic E-state index is -0.746. The Morgan fingerprint density at radius 1 is 1.03 bits per heavy atom. The Morgan fingerprint density at radius 3 is 2.55 bits per heavy atom. The summed E-state index contributed by atoms with van der Waals surface area (Å²) in [5.74, 6) is -0.527. The van der Waals surface area contributed by atoms with Gasteiger partial charge in [-0.3, -0.25) is 9.59 Å². The number of nitrogens with one attached hydrogen (secondary N) is 3. The van der Waals surface area contributed by atoms with Crippen LogP contribution < -0.4 is 16.0 Å². The van der Waals surface area contributed by atoms with Crippen LogP contribution in [-0.2, 0) is 27.4 Å². The third kappa shape index (κ3) is 8.61. The van der Waals surface area contributed by atoms with Gasteiger partial charge < -0.3 is 20.7 Å². The molecule has 0 radical (unpaired) electrons. The summed E-state index contributed by atoms with van der Waals surface area (Å²) in [5, 5.41) is 9.08. The van der Waals surface area contributed by atoms with Crippen molar-refractivity contribution >= 4 is 29.5 Å². The van der Waals surface area contributed by atoms with E-state index >= 15 is 0 Å². The standard InChI is InChI=1S/C25H28ClN3O4/c26-20-11-9-18(10-12-20)16-21-13-14-23(30)27-15-5-4-8-22(24(31)28-21)29-25(32)33-17-19-6-2-1-3-7-19/h1-3,6-7,9-14,21-22H,4-5,8,15-17H2,(H,27,30)(H,28,31)(H,29,32)/b14-13+/t21-,22+/m1/s1. The molecule has 0 aromatic heterocycles. The topological polar surface area (TPSA) is 96.5 Å². The van der Waals surface area contributed by atoms with E-state index in [0.29, 0.717) is 37.3 Å². The van der Waals surface area contributed by atoms with E-state index in [0.717, 1.165) is 11.1 Å². The lowest BCUT2D eigenvalue weighted by Gasteiger charge is -2.22. The molecular weight excluding hydrogens is 442 g/mol. The van der Waals surface area contributed by atoms with Crippen molar-refractivity contribution in [2.24, 2.45) is 0 Å². The van der Waals surface area contributed by atoms with Crippen LogP contribution in [0.25, 0.3) is 0 Å². The van der Waals surface area contributed by atoms with Crippen LogP contribution >= 0.6 is 11.6 Å². The molecule has 1 aliphatic heterocycles. The molecular formula is C25H28ClN3O4. The van der Waals surface area contributed by atoms with E-state index in [-0.39, 0.29) is 18.4 Å². The fourth-order valence-corrected chi connectivity index (χ4v) is 3.57. The van der Waals surface area contributed by atoms with Gasteiger partial charge >= 0.3 is 6.09 Å². The van der Waals surface area contributed by atoms with Crippen LogP contribution in [0.2, 0.25) is 5.02 Å². The third-order valence-electron chi connectivity index (χ3n) is 5.22. The van der Waals surface area contributed by atoms with Gasteiger partial charge in [-0.2, -0.15) is 0 Å². The maximum atomic E-state index is 13.0. The highest BCUT2D eigenvalue weighted by Gasteiger charge is 2.23. The lowest BCUT2D eigenvalue weighted by Crippen LogP contribution is -2.50. The van der Waals surface area contributed by atoms with Crippen molar-refractivity contribution in [3.8, 4) is 0 Å². The highest BCUT2D eigenvalue weighted by atomic mass is 35.5. The summed E-state index contributed by atoms with van der Waals surface area (Å²) in [6.45, 7) is 0.618. The molecule has 3 amide bonds. The number of amides is 3. The molecule has 3 rings (SSSR count). The third-order valence-corrected chi connectivity index (χ3v) is 5.47. The van der Waals surface area contributed by atoms with Crippen LogP contribution in [0.1, 0.15) is 30.4 Å². The van der Waals surface area contributed by atoms with Crippen molar-refractivity contribution in [1.29, 1.82) is 0 Å². The number of ether oxygens (including phenoxy) is 1. The Bertz CT molecular complexity index is 963. The molecule has 0 aliphatic carbocycles. The smallest absolute Gasteiger partial charge is 0.408 e. The summed E-state index contributed by atoms with van der Waals surface area (Å²) in [6, 6.07) is 15.4. The highest BCUT2D eigenvalue weighted by Crippen LogP contribution is 2.12. The summed E-state index contributed by atoms with van der Waals surface area (Å²) in [6.07, 6.45) is 4.69. The molecule has 8 heteroatoms. The molecule has 33 heavy (non-hydrogen) atoms. The Morgan fingerprint density at radius 2 is 1.79 bits per heavy atom. The summed E-state index contributed by atoms with van der Waals surface area (Å²) in [7, 11) is 0. The number of hydrogen-bond donors (Lipinski definition) is 3. The molecule has 0 saturated carbocycles. The zero-order valence-corrected chi connectivity index (χ0v) is 19.0. The Kier molecular flexibility index (Phi) is 9.32. The zero-order chi connectivity index (χ0) is 23.5. The number of alkyl carbamates (subject to hydrolysis) is 1. The average molecular weight is 470 g/mol. The maximum Gasteiger partial charge on any atom is 0.408 e. The maximum absolute atomic E-state index is 13.0. The van der Waals surface area contributed by atoms with Crippen molar-refractivity contribution in [3.05, 3.63) is 82.9 Å². The quantitative estimate of drug-likeness (QED) is 0.624.